The van der Waals surface area contributed by atoms with Crippen molar-refractivity contribution >= 4 is 29.3 Å². The molecule has 1 spiro atoms. The first kappa shape index (κ1) is 25.9. The van der Waals surface area contributed by atoms with Crippen LogP contribution in [0.25, 0.3) is 0 Å². The molecule has 0 aromatic heterocycles. The lowest BCUT2D eigenvalue weighted by Crippen LogP contribution is -2.54. The number of para-hydroxylation sites is 1. The molecule has 2 saturated carbocycles. The van der Waals surface area contributed by atoms with E-state index in [0.29, 0.717) is 24.9 Å². The first-order valence-electron chi connectivity index (χ1n) is 13.4. The molecule has 11 heteroatoms. The van der Waals surface area contributed by atoms with Crippen LogP contribution in [0.3, 0.4) is 0 Å². The van der Waals surface area contributed by atoms with Gasteiger partial charge in [-0.15, -0.1) is 0 Å². The Morgan fingerprint density at radius 3 is 2.52 bits per heavy atom. The van der Waals surface area contributed by atoms with Crippen molar-refractivity contribution in [3.8, 4) is 6.07 Å². The van der Waals surface area contributed by atoms with Gasteiger partial charge >= 0.3 is 11.8 Å². The van der Waals surface area contributed by atoms with Crippen LogP contribution in [-0.2, 0) is 30.1 Å². The summed E-state index contributed by atoms with van der Waals surface area (Å²) in [6, 6.07) is 10.4. The Hall–Kier alpha value is -4.33. The second kappa shape index (κ2) is 9.40. The topological polar surface area (TPSA) is 131 Å². The summed E-state index contributed by atoms with van der Waals surface area (Å²) in [5.74, 6) is -4.28. The van der Waals surface area contributed by atoms with Crippen LogP contribution in [0.15, 0.2) is 42.5 Å². The molecule has 2 aromatic carbocycles. The van der Waals surface area contributed by atoms with Crippen LogP contribution in [0.5, 0.6) is 0 Å². The number of benzene rings is 2. The van der Waals surface area contributed by atoms with Crippen LogP contribution in [0.1, 0.15) is 49.7 Å². The molecule has 206 valence electrons. The third kappa shape index (κ3) is 4.37. The minimum absolute atomic E-state index is 0.0247. The second-order valence-corrected chi connectivity index (χ2v) is 11.3. The highest BCUT2D eigenvalue weighted by atomic mass is 19.1. The molecule has 0 bridgehead atoms. The zero-order valence-electron chi connectivity index (χ0n) is 21.5. The first-order chi connectivity index (χ1) is 19.2. The molecule has 0 radical (unpaired) electrons. The molecular formula is C29H27F2N5O4. The summed E-state index contributed by atoms with van der Waals surface area (Å²) >= 11 is 0. The Morgan fingerprint density at radius 1 is 1.10 bits per heavy atom. The number of anilines is 1. The Morgan fingerprint density at radius 2 is 1.85 bits per heavy atom. The highest BCUT2D eigenvalue weighted by Gasteiger charge is 2.57. The summed E-state index contributed by atoms with van der Waals surface area (Å²) < 4.78 is 27.8. The number of nitriles is 1. The Bertz CT molecular complexity index is 1480. The molecule has 1 saturated heterocycles. The van der Waals surface area contributed by atoms with Crippen LogP contribution in [0, 0.1) is 28.9 Å². The number of likely N-dealkylation sites (tertiary alicyclic amines) is 1. The van der Waals surface area contributed by atoms with Crippen molar-refractivity contribution < 1.29 is 28.0 Å². The lowest BCUT2D eigenvalue weighted by Gasteiger charge is -2.27. The van der Waals surface area contributed by atoms with Gasteiger partial charge in [-0.3, -0.25) is 19.2 Å². The summed E-state index contributed by atoms with van der Waals surface area (Å²) in [5.41, 5.74) is -0.728. The van der Waals surface area contributed by atoms with E-state index < -0.39 is 52.4 Å². The van der Waals surface area contributed by atoms with Gasteiger partial charge in [0.05, 0.1) is 17.0 Å². The highest BCUT2D eigenvalue weighted by molar-refractivity contribution is 6.35. The standard InChI is InChI=1S/C29H27F2N5O4/c30-17-7-8-19(21(31)12-17)29(9-10-29)35-25(38)24(37)33-23(11-16-5-6-16)26(39)36-15-28(13-18(36)14-32)20-3-1-2-4-22(20)34-27(28)40/h1-4,7-8,12,16,18,23H,5-6,9-11,13,15H2,(H,33,37)(H,34,40)(H,35,38)/t18-,23-,28-/m0/s1. The molecule has 2 aliphatic carbocycles. The number of nitrogens with one attached hydrogen (secondary N) is 3. The van der Waals surface area contributed by atoms with Crippen molar-refractivity contribution in [1.82, 2.24) is 15.5 Å². The smallest absolute Gasteiger partial charge is 0.310 e. The van der Waals surface area contributed by atoms with Crippen molar-refractivity contribution in [2.45, 2.75) is 61.6 Å². The Labute approximate surface area is 228 Å². The summed E-state index contributed by atoms with van der Waals surface area (Å²) in [7, 11) is 0. The Kier molecular flexibility index (Phi) is 6.09. The molecule has 2 aromatic rings. The minimum atomic E-state index is -1.11. The van der Waals surface area contributed by atoms with Gasteiger partial charge in [0.1, 0.15) is 23.7 Å². The van der Waals surface area contributed by atoms with Crippen molar-refractivity contribution in [3.63, 3.8) is 0 Å². The summed E-state index contributed by atoms with van der Waals surface area (Å²) in [6.45, 7) is -0.0247. The molecular weight excluding hydrogens is 520 g/mol. The lowest BCUT2D eigenvalue weighted by molar-refractivity contribution is -0.143. The average Bonchev–Trinajstić information content (AvgIpc) is 3.85. The number of nitrogens with zero attached hydrogens (tertiary/aromatic N) is 2. The molecule has 3 atom stereocenters. The van der Waals surface area contributed by atoms with Gasteiger partial charge in [-0.25, -0.2) is 8.78 Å². The van der Waals surface area contributed by atoms with Crippen LogP contribution in [0.2, 0.25) is 0 Å². The van der Waals surface area contributed by atoms with Gasteiger partial charge in [-0.1, -0.05) is 37.1 Å². The molecule has 2 aliphatic heterocycles. The summed E-state index contributed by atoms with van der Waals surface area (Å²) in [5, 5.41) is 17.9. The van der Waals surface area contributed by atoms with E-state index in [1.165, 1.54) is 11.0 Å². The number of halogens is 2. The average molecular weight is 548 g/mol. The van der Waals surface area contributed by atoms with Crippen LogP contribution < -0.4 is 16.0 Å². The number of rotatable bonds is 6. The normalized spacial score (nSPS) is 24.6. The SMILES string of the molecule is N#C[C@@H]1C[C@@]2(CN1C(=O)[C@H](CC1CC1)NC(=O)C(=O)NC1(c3ccc(F)cc3F)CC1)C(=O)Nc1ccccc12. The molecule has 3 fully saturated rings. The monoisotopic (exact) mass is 547 g/mol. The fraction of sp³-hybridized carbons (Fsp3) is 0.414. The molecule has 4 amide bonds. The van der Waals surface area contributed by atoms with Crippen LogP contribution in [0.4, 0.5) is 14.5 Å². The predicted molar refractivity (Wildman–Crippen MR) is 137 cm³/mol. The van der Waals surface area contributed by atoms with Crippen LogP contribution >= 0.6 is 0 Å². The number of hydrogen-bond acceptors (Lipinski definition) is 5. The maximum atomic E-state index is 14.4. The second-order valence-electron chi connectivity index (χ2n) is 11.3. The maximum Gasteiger partial charge on any atom is 0.310 e. The van der Waals surface area contributed by atoms with E-state index >= 15 is 0 Å². The Balaban J connectivity index is 1.19. The van der Waals surface area contributed by atoms with E-state index in [4.69, 9.17) is 0 Å². The third-order valence-electron chi connectivity index (χ3n) is 8.54. The van der Waals surface area contributed by atoms with E-state index in [9.17, 15) is 33.2 Å². The lowest BCUT2D eigenvalue weighted by atomic mass is 9.80. The van der Waals surface area contributed by atoms with Gasteiger partial charge in [0.15, 0.2) is 0 Å². The molecule has 2 heterocycles. The number of carbonyl (C=O) groups excluding carboxylic acids is 4. The van der Waals surface area contributed by atoms with Gasteiger partial charge in [-0.05, 0) is 42.9 Å². The zero-order chi connectivity index (χ0) is 28.2. The van der Waals surface area contributed by atoms with E-state index in [0.717, 1.165) is 30.5 Å². The fourth-order valence-electron chi connectivity index (χ4n) is 6.06. The zero-order valence-corrected chi connectivity index (χ0v) is 21.5. The minimum Gasteiger partial charge on any atom is -0.338 e. The van der Waals surface area contributed by atoms with Crippen LogP contribution in [-0.4, -0.2) is 47.2 Å². The van der Waals surface area contributed by atoms with E-state index in [1.807, 2.05) is 0 Å². The molecule has 40 heavy (non-hydrogen) atoms. The molecule has 4 aliphatic rings. The van der Waals surface area contributed by atoms with E-state index in [-0.39, 0.29) is 30.4 Å². The first-order valence-corrected chi connectivity index (χ1v) is 13.4. The number of amides is 4. The number of hydrogen-bond donors (Lipinski definition) is 3. The molecule has 3 N–H and O–H groups in total. The van der Waals surface area contributed by atoms with Crippen molar-refractivity contribution in [1.29, 1.82) is 5.26 Å². The van der Waals surface area contributed by atoms with Gasteiger partial charge in [0.25, 0.3) is 0 Å². The van der Waals surface area contributed by atoms with Crippen molar-refractivity contribution in [2.24, 2.45) is 5.92 Å². The van der Waals surface area contributed by atoms with Gasteiger partial charge in [0.2, 0.25) is 11.8 Å². The summed E-state index contributed by atoms with van der Waals surface area (Å²) in [4.78, 5) is 54.1. The van der Waals surface area contributed by atoms with E-state index in [1.54, 1.807) is 24.3 Å². The quantitative estimate of drug-likeness (QED) is 0.478. The largest absolute Gasteiger partial charge is 0.338 e. The van der Waals surface area contributed by atoms with Crippen molar-refractivity contribution in [3.05, 3.63) is 65.2 Å². The fourth-order valence-corrected chi connectivity index (χ4v) is 6.06. The highest BCUT2D eigenvalue weighted by Crippen LogP contribution is 2.47. The third-order valence-corrected chi connectivity index (χ3v) is 8.54. The van der Waals surface area contributed by atoms with Gasteiger partial charge in [-0.2, -0.15) is 5.26 Å². The van der Waals surface area contributed by atoms with Crippen molar-refractivity contribution in [2.75, 3.05) is 11.9 Å². The molecule has 0 unspecified atom stereocenters. The summed E-state index contributed by atoms with van der Waals surface area (Å²) in [6.07, 6.45) is 2.92. The van der Waals surface area contributed by atoms with E-state index in [2.05, 4.69) is 22.0 Å². The number of carbonyl (C=O) groups is 4. The van der Waals surface area contributed by atoms with Gasteiger partial charge in [0, 0.05) is 30.3 Å². The number of fused-ring (bicyclic) bond motifs is 2. The molecule has 9 nitrogen and oxygen atoms in total. The maximum absolute atomic E-state index is 14.4. The molecule has 6 rings (SSSR count). The van der Waals surface area contributed by atoms with Gasteiger partial charge < -0.3 is 20.9 Å². The predicted octanol–water partition coefficient (Wildman–Crippen LogP) is 2.37.